The Morgan fingerprint density at radius 2 is 1.90 bits per heavy atom. The van der Waals surface area contributed by atoms with Gasteiger partial charge in [0.05, 0.1) is 18.7 Å². The van der Waals surface area contributed by atoms with Gasteiger partial charge < -0.3 is 15.0 Å². The Hall–Kier alpha value is -3.18. The van der Waals surface area contributed by atoms with Crippen molar-refractivity contribution in [2.75, 3.05) is 40.3 Å². The first-order valence-corrected chi connectivity index (χ1v) is 9.73. The summed E-state index contributed by atoms with van der Waals surface area (Å²) >= 11 is 0. The fraction of sp³-hybridized carbons (Fsp3) is 0.364. The van der Waals surface area contributed by atoms with Crippen LogP contribution in [0.25, 0.3) is 0 Å². The number of ether oxygens (including phenoxy) is 1. The number of piperazine rings is 1. The molecule has 1 aliphatic rings. The third kappa shape index (κ3) is 5.24. The number of hydrogen-bond acceptors (Lipinski definition) is 4. The topological polar surface area (TPSA) is 63.9 Å². The van der Waals surface area contributed by atoms with Gasteiger partial charge in [-0.25, -0.2) is 8.78 Å². The van der Waals surface area contributed by atoms with Crippen molar-refractivity contribution in [3.63, 3.8) is 0 Å². The predicted octanol–water partition coefficient (Wildman–Crippen LogP) is 2.74. The van der Waals surface area contributed by atoms with Crippen molar-refractivity contribution >= 4 is 5.96 Å². The Bertz CT molecular complexity index is 949. The first kappa shape index (κ1) is 21.5. The van der Waals surface area contributed by atoms with Gasteiger partial charge in [-0.05, 0) is 29.8 Å². The highest BCUT2D eigenvalue weighted by Crippen LogP contribution is 2.19. The van der Waals surface area contributed by atoms with Crippen molar-refractivity contribution in [2.24, 2.45) is 4.99 Å². The van der Waals surface area contributed by atoms with Gasteiger partial charge >= 0.3 is 0 Å². The van der Waals surface area contributed by atoms with Crippen LogP contribution in [0, 0.1) is 23.0 Å². The monoisotopic (exact) mass is 413 g/mol. The van der Waals surface area contributed by atoms with E-state index >= 15 is 0 Å². The van der Waals surface area contributed by atoms with Crippen LogP contribution in [0.2, 0.25) is 0 Å². The first-order valence-electron chi connectivity index (χ1n) is 9.73. The summed E-state index contributed by atoms with van der Waals surface area (Å²) in [6.07, 6.45) is 0. The van der Waals surface area contributed by atoms with Crippen LogP contribution in [-0.4, -0.2) is 56.1 Å². The number of hydrogen-bond donors (Lipinski definition) is 1. The van der Waals surface area contributed by atoms with Gasteiger partial charge in [-0.15, -0.1) is 0 Å². The second-order valence-electron chi connectivity index (χ2n) is 7.05. The van der Waals surface area contributed by atoms with Crippen molar-refractivity contribution in [1.29, 1.82) is 5.26 Å². The zero-order chi connectivity index (χ0) is 21.5. The lowest BCUT2D eigenvalue weighted by Crippen LogP contribution is -2.52. The van der Waals surface area contributed by atoms with E-state index in [0.717, 1.165) is 31.7 Å². The lowest BCUT2D eigenvalue weighted by atomic mass is 10.1. The summed E-state index contributed by atoms with van der Waals surface area (Å²) in [5.74, 6) is 0.188. The summed E-state index contributed by atoms with van der Waals surface area (Å²) in [5, 5.41) is 12.0. The number of guanidine groups is 1. The summed E-state index contributed by atoms with van der Waals surface area (Å²) in [6, 6.07) is 11.4. The normalized spacial score (nSPS) is 15.0. The molecule has 0 unspecified atom stereocenters. The van der Waals surface area contributed by atoms with E-state index in [1.165, 1.54) is 19.2 Å². The summed E-state index contributed by atoms with van der Waals surface area (Å²) in [7, 11) is 3.15. The molecule has 30 heavy (non-hydrogen) atoms. The fourth-order valence-electron chi connectivity index (χ4n) is 3.45. The van der Waals surface area contributed by atoms with Crippen molar-refractivity contribution < 1.29 is 13.5 Å². The van der Waals surface area contributed by atoms with E-state index in [1.54, 1.807) is 25.2 Å². The predicted molar refractivity (Wildman–Crippen MR) is 111 cm³/mol. The van der Waals surface area contributed by atoms with Crippen LogP contribution in [-0.2, 0) is 13.1 Å². The molecular formula is C22H25F2N5O. The highest BCUT2D eigenvalue weighted by molar-refractivity contribution is 5.80. The Morgan fingerprint density at radius 3 is 2.50 bits per heavy atom. The van der Waals surface area contributed by atoms with Gasteiger partial charge in [-0.1, -0.05) is 12.1 Å². The van der Waals surface area contributed by atoms with Gasteiger partial charge in [-0.3, -0.25) is 9.89 Å². The SMILES string of the molecule is CN=C(NCc1ccc(C#N)cc1F)N1CCN(Cc2ccc(OC)c(F)c2)CC1. The van der Waals surface area contributed by atoms with Crippen LogP contribution in [0.5, 0.6) is 5.75 Å². The Labute approximate surface area is 175 Å². The minimum atomic E-state index is -0.409. The standard InChI is InChI=1S/C22H25F2N5O/c1-26-22(27-14-18-5-3-16(13-25)11-19(18)23)29-9-7-28(8-10-29)15-17-4-6-21(30-2)20(24)12-17/h3-6,11-12H,7-10,14-15H2,1-2H3,(H,26,27). The molecule has 1 saturated heterocycles. The smallest absolute Gasteiger partial charge is 0.194 e. The molecule has 1 N–H and O–H groups in total. The maximum atomic E-state index is 14.1. The summed E-state index contributed by atoms with van der Waals surface area (Å²) in [6.45, 7) is 4.08. The number of rotatable bonds is 5. The number of aliphatic imine (C=N–C) groups is 1. The van der Waals surface area contributed by atoms with Crippen LogP contribution in [0.4, 0.5) is 8.78 Å². The van der Waals surface area contributed by atoms with Crippen LogP contribution >= 0.6 is 0 Å². The van der Waals surface area contributed by atoms with E-state index < -0.39 is 5.82 Å². The third-order valence-corrected chi connectivity index (χ3v) is 5.13. The highest BCUT2D eigenvalue weighted by atomic mass is 19.1. The minimum Gasteiger partial charge on any atom is -0.494 e. The Balaban J connectivity index is 1.52. The number of nitrogens with one attached hydrogen (secondary N) is 1. The van der Waals surface area contributed by atoms with Crippen LogP contribution < -0.4 is 10.1 Å². The molecule has 0 bridgehead atoms. The Morgan fingerprint density at radius 1 is 1.13 bits per heavy atom. The van der Waals surface area contributed by atoms with Gasteiger partial charge in [-0.2, -0.15) is 5.26 Å². The molecule has 6 nitrogen and oxygen atoms in total. The molecule has 0 atom stereocenters. The molecule has 0 spiro atoms. The van der Waals surface area contributed by atoms with E-state index in [4.69, 9.17) is 10.00 Å². The van der Waals surface area contributed by atoms with E-state index in [1.807, 2.05) is 12.1 Å². The molecule has 0 aromatic heterocycles. The highest BCUT2D eigenvalue weighted by Gasteiger charge is 2.20. The second kappa shape index (κ2) is 10.0. The van der Waals surface area contributed by atoms with Crippen molar-refractivity contribution in [1.82, 2.24) is 15.1 Å². The molecule has 158 valence electrons. The molecule has 0 amide bonds. The van der Waals surface area contributed by atoms with Crippen molar-refractivity contribution in [2.45, 2.75) is 13.1 Å². The number of methoxy groups -OCH3 is 1. The number of halogens is 2. The van der Waals surface area contributed by atoms with E-state index in [2.05, 4.69) is 20.1 Å². The van der Waals surface area contributed by atoms with Crippen LogP contribution in [0.15, 0.2) is 41.4 Å². The summed E-state index contributed by atoms with van der Waals surface area (Å²) in [4.78, 5) is 8.68. The molecule has 1 fully saturated rings. The molecular weight excluding hydrogens is 388 g/mol. The molecule has 8 heteroatoms. The van der Waals surface area contributed by atoms with E-state index in [9.17, 15) is 8.78 Å². The number of nitriles is 1. The molecule has 3 rings (SSSR count). The maximum Gasteiger partial charge on any atom is 0.194 e. The van der Waals surface area contributed by atoms with Gasteiger partial charge in [0.2, 0.25) is 0 Å². The first-order chi connectivity index (χ1) is 14.5. The zero-order valence-electron chi connectivity index (χ0n) is 17.2. The molecule has 2 aromatic carbocycles. The summed E-state index contributed by atoms with van der Waals surface area (Å²) < 4.78 is 32.9. The van der Waals surface area contributed by atoms with Gasteiger partial charge in [0.25, 0.3) is 0 Å². The fourth-order valence-corrected chi connectivity index (χ4v) is 3.45. The van der Waals surface area contributed by atoms with E-state index in [0.29, 0.717) is 23.6 Å². The molecule has 2 aromatic rings. The largest absolute Gasteiger partial charge is 0.494 e. The zero-order valence-corrected chi connectivity index (χ0v) is 17.2. The quantitative estimate of drug-likeness (QED) is 0.603. The van der Waals surface area contributed by atoms with Crippen LogP contribution in [0.1, 0.15) is 16.7 Å². The molecule has 0 aliphatic carbocycles. The minimum absolute atomic E-state index is 0.247. The van der Waals surface area contributed by atoms with Gasteiger partial charge in [0.15, 0.2) is 17.5 Å². The lowest BCUT2D eigenvalue weighted by molar-refractivity contribution is 0.172. The Kier molecular flexibility index (Phi) is 7.20. The number of nitrogens with zero attached hydrogens (tertiary/aromatic N) is 4. The van der Waals surface area contributed by atoms with Crippen LogP contribution in [0.3, 0.4) is 0 Å². The van der Waals surface area contributed by atoms with Crippen molar-refractivity contribution in [3.05, 3.63) is 64.7 Å². The molecule has 0 radical (unpaired) electrons. The number of benzene rings is 2. The second-order valence-corrected chi connectivity index (χ2v) is 7.05. The van der Waals surface area contributed by atoms with Gasteiger partial charge in [0.1, 0.15) is 5.82 Å². The third-order valence-electron chi connectivity index (χ3n) is 5.13. The van der Waals surface area contributed by atoms with E-state index in [-0.39, 0.29) is 18.1 Å². The molecule has 1 aliphatic heterocycles. The average Bonchev–Trinajstić information content (AvgIpc) is 2.76. The maximum absolute atomic E-state index is 14.1. The van der Waals surface area contributed by atoms with Gasteiger partial charge in [0, 0.05) is 51.9 Å². The average molecular weight is 413 g/mol. The molecule has 0 saturated carbocycles. The summed E-state index contributed by atoms with van der Waals surface area (Å²) in [5.41, 5.74) is 1.68. The van der Waals surface area contributed by atoms with Crippen molar-refractivity contribution in [3.8, 4) is 11.8 Å². The lowest BCUT2D eigenvalue weighted by Gasteiger charge is -2.36. The molecule has 1 heterocycles.